The summed E-state index contributed by atoms with van der Waals surface area (Å²) < 4.78 is 37.2. The third kappa shape index (κ3) is 5.98. The van der Waals surface area contributed by atoms with Crippen LogP contribution in [0.5, 0.6) is 0 Å². The number of aromatic nitrogens is 1. The van der Waals surface area contributed by atoms with Crippen LogP contribution in [0.3, 0.4) is 0 Å². The fourth-order valence-electron chi connectivity index (χ4n) is 1.60. The summed E-state index contributed by atoms with van der Waals surface area (Å²) in [7, 11) is 1.29. The smallest absolute Gasteiger partial charge is 0.406 e. The van der Waals surface area contributed by atoms with Gasteiger partial charge in [-0.1, -0.05) is 0 Å². The Kier molecular flexibility index (Phi) is 5.53. The van der Waals surface area contributed by atoms with Crippen LogP contribution in [0.1, 0.15) is 10.7 Å². The minimum atomic E-state index is -4.66. The van der Waals surface area contributed by atoms with Crippen molar-refractivity contribution in [3.63, 3.8) is 0 Å². The molecular weight excluding hydrogens is 311 g/mol. The van der Waals surface area contributed by atoms with Crippen LogP contribution in [-0.4, -0.2) is 58.2 Å². The number of carbonyl (C=O) groups is 2. The third-order valence-corrected chi connectivity index (χ3v) is 3.18. The average Bonchev–Trinajstić information content (AvgIpc) is 2.70. The van der Waals surface area contributed by atoms with Gasteiger partial charge in [0, 0.05) is 12.4 Å². The molecule has 0 aliphatic rings. The number of amides is 2. The van der Waals surface area contributed by atoms with Crippen molar-refractivity contribution < 1.29 is 27.9 Å². The molecule has 6 nitrogen and oxygen atoms in total. The van der Waals surface area contributed by atoms with E-state index in [4.69, 9.17) is 5.11 Å². The van der Waals surface area contributed by atoms with Gasteiger partial charge in [-0.25, -0.2) is 9.78 Å². The lowest BCUT2D eigenvalue weighted by molar-refractivity contribution is -0.149. The van der Waals surface area contributed by atoms with E-state index in [1.54, 1.807) is 12.3 Å². The number of carboxylic acid groups (broad SMARTS) is 1. The monoisotopic (exact) mass is 325 g/mol. The first-order valence-corrected chi connectivity index (χ1v) is 6.66. The maximum atomic E-state index is 12.4. The number of alkyl halides is 3. The zero-order valence-corrected chi connectivity index (χ0v) is 12.2. The van der Waals surface area contributed by atoms with Gasteiger partial charge in [-0.15, -0.1) is 11.3 Å². The second kappa shape index (κ2) is 6.74. The van der Waals surface area contributed by atoms with E-state index in [0.717, 1.165) is 9.91 Å². The Hall–Kier alpha value is -1.84. The van der Waals surface area contributed by atoms with Gasteiger partial charge in [-0.3, -0.25) is 4.79 Å². The van der Waals surface area contributed by atoms with Crippen molar-refractivity contribution in [1.29, 1.82) is 0 Å². The summed E-state index contributed by atoms with van der Waals surface area (Å²) in [5.74, 6) is -1.51. The minimum absolute atomic E-state index is 0.0111. The Bertz CT molecular complexity index is 518. The zero-order chi connectivity index (χ0) is 16.2. The highest BCUT2D eigenvalue weighted by atomic mass is 32.1. The van der Waals surface area contributed by atoms with E-state index >= 15 is 0 Å². The molecule has 0 spiro atoms. The van der Waals surface area contributed by atoms with Gasteiger partial charge in [0.25, 0.3) is 0 Å². The Morgan fingerprint density at radius 3 is 2.48 bits per heavy atom. The van der Waals surface area contributed by atoms with Crippen molar-refractivity contribution >= 4 is 23.3 Å². The normalized spacial score (nSPS) is 11.3. The first kappa shape index (κ1) is 17.2. The molecule has 0 aliphatic carbocycles. The van der Waals surface area contributed by atoms with E-state index in [-0.39, 0.29) is 11.4 Å². The largest absolute Gasteiger partial charge is 0.480 e. The molecular formula is C11H14F3N3O3S. The lowest BCUT2D eigenvalue weighted by Crippen LogP contribution is -2.47. The molecule has 10 heteroatoms. The van der Waals surface area contributed by atoms with E-state index in [1.165, 1.54) is 18.4 Å². The number of carboxylic acids is 1. The van der Waals surface area contributed by atoms with E-state index in [2.05, 4.69) is 4.98 Å². The number of thiazole rings is 1. The molecule has 0 radical (unpaired) electrons. The molecule has 21 heavy (non-hydrogen) atoms. The standard InChI is InChI=1S/C11H14F3N3O3S/c1-7-15-8(5-21-7)3-16(2)10(20)17(4-9(18)19)6-11(12,13)14/h5H,3-4,6H2,1-2H3,(H,18,19). The van der Waals surface area contributed by atoms with Crippen molar-refractivity contribution in [2.24, 2.45) is 0 Å². The van der Waals surface area contributed by atoms with Crippen molar-refractivity contribution in [1.82, 2.24) is 14.8 Å². The van der Waals surface area contributed by atoms with Gasteiger partial charge >= 0.3 is 18.2 Å². The first-order chi connectivity index (χ1) is 9.58. The topological polar surface area (TPSA) is 73.7 Å². The Labute approximate surface area is 122 Å². The van der Waals surface area contributed by atoms with Gasteiger partial charge < -0.3 is 14.9 Å². The maximum absolute atomic E-state index is 12.4. The average molecular weight is 325 g/mol. The summed E-state index contributed by atoms with van der Waals surface area (Å²) >= 11 is 1.35. The molecule has 0 unspecified atom stereocenters. The molecule has 0 bridgehead atoms. The predicted octanol–water partition coefficient (Wildman–Crippen LogP) is 1.95. The van der Waals surface area contributed by atoms with E-state index in [9.17, 15) is 22.8 Å². The van der Waals surface area contributed by atoms with Crippen LogP contribution < -0.4 is 0 Å². The third-order valence-electron chi connectivity index (χ3n) is 2.36. The van der Waals surface area contributed by atoms with Gasteiger partial charge in [0.05, 0.1) is 17.2 Å². The molecule has 1 aromatic rings. The van der Waals surface area contributed by atoms with Gasteiger partial charge in [-0.05, 0) is 6.92 Å². The number of urea groups is 1. The fourth-order valence-corrected chi connectivity index (χ4v) is 2.21. The highest BCUT2D eigenvalue weighted by Crippen LogP contribution is 2.18. The number of halogens is 3. The molecule has 0 atom stereocenters. The summed E-state index contributed by atoms with van der Waals surface area (Å²) in [6.45, 7) is -0.856. The molecule has 1 aromatic heterocycles. The zero-order valence-electron chi connectivity index (χ0n) is 11.3. The number of hydrogen-bond donors (Lipinski definition) is 1. The first-order valence-electron chi connectivity index (χ1n) is 5.78. The fraction of sp³-hybridized carbons (Fsp3) is 0.545. The molecule has 1 heterocycles. The summed E-state index contributed by atoms with van der Waals surface area (Å²) in [4.78, 5) is 27.9. The molecule has 0 aromatic carbocycles. The van der Waals surface area contributed by atoms with Crippen LogP contribution in [0.4, 0.5) is 18.0 Å². The van der Waals surface area contributed by atoms with Crippen molar-refractivity contribution in [2.75, 3.05) is 20.1 Å². The lowest BCUT2D eigenvalue weighted by Gasteiger charge is -2.27. The Morgan fingerprint density at radius 2 is 2.05 bits per heavy atom. The molecule has 118 valence electrons. The summed E-state index contributed by atoms with van der Waals surface area (Å²) in [6, 6.07) is -1.01. The van der Waals surface area contributed by atoms with Gasteiger partial charge in [-0.2, -0.15) is 13.2 Å². The van der Waals surface area contributed by atoms with Crippen LogP contribution in [0.15, 0.2) is 5.38 Å². The van der Waals surface area contributed by atoms with Crippen LogP contribution in [0, 0.1) is 6.92 Å². The number of hydrogen-bond acceptors (Lipinski definition) is 4. The number of carbonyl (C=O) groups excluding carboxylic acids is 1. The van der Waals surface area contributed by atoms with E-state index in [0.29, 0.717) is 5.69 Å². The van der Waals surface area contributed by atoms with Crippen molar-refractivity contribution in [3.8, 4) is 0 Å². The number of aliphatic carboxylic acids is 1. The van der Waals surface area contributed by atoms with Gasteiger partial charge in [0.15, 0.2) is 0 Å². The molecule has 0 aliphatic heterocycles. The van der Waals surface area contributed by atoms with E-state index in [1.807, 2.05) is 0 Å². The molecule has 0 fully saturated rings. The molecule has 1 N–H and O–H groups in total. The minimum Gasteiger partial charge on any atom is -0.480 e. The second-order valence-corrected chi connectivity index (χ2v) is 5.42. The Morgan fingerprint density at radius 1 is 1.43 bits per heavy atom. The van der Waals surface area contributed by atoms with Crippen LogP contribution in [0.2, 0.25) is 0 Å². The lowest BCUT2D eigenvalue weighted by atomic mass is 10.4. The molecule has 1 rings (SSSR count). The molecule has 0 saturated heterocycles. The second-order valence-electron chi connectivity index (χ2n) is 4.36. The molecule has 0 saturated carbocycles. The maximum Gasteiger partial charge on any atom is 0.406 e. The Balaban J connectivity index is 2.75. The van der Waals surface area contributed by atoms with Gasteiger partial charge in [0.2, 0.25) is 0 Å². The number of nitrogens with zero attached hydrogens (tertiary/aromatic N) is 3. The van der Waals surface area contributed by atoms with Gasteiger partial charge in [0.1, 0.15) is 13.1 Å². The summed E-state index contributed by atoms with van der Waals surface area (Å²) in [6.07, 6.45) is -4.66. The number of rotatable bonds is 5. The highest BCUT2D eigenvalue weighted by Gasteiger charge is 2.35. The van der Waals surface area contributed by atoms with Crippen LogP contribution >= 0.6 is 11.3 Å². The quantitative estimate of drug-likeness (QED) is 0.898. The van der Waals surface area contributed by atoms with E-state index < -0.39 is 31.3 Å². The number of aryl methyl sites for hydroxylation is 1. The highest BCUT2D eigenvalue weighted by molar-refractivity contribution is 7.09. The predicted molar refractivity (Wildman–Crippen MR) is 69.0 cm³/mol. The van der Waals surface area contributed by atoms with Crippen molar-refractivity contribution in [3.05, 3.63) is 16.1 Å². The summed E-state index contributed by atoms with van der Waals surface area (Å²) in [5.41, 5.74) is 0.538. The van der Waals surface area contributed by atoms with Crippen molar-refractivity contribution in [2.45, 2.75) is 19.6 Å². The van der Waals surface area contributed by atoms with Crippen LogP contribution in [-0.2, 0) is 11.3 Å². The molecule has 2 amide bonds. The summed E-state index contributed by atoms with van der Waals surface area (Å²) in [5, 5.41) is 11.1. The SMILES string of the molecule is Cc1nc(CN(C)C(=O)N(CC(=O)O)CC(F)(F)F)cs1. The van der Waals surface area contributed by atoms with Crippen LogP contribution in [0.25, 0.3) is 0 Å².